The number of hydrogen-bond donors (Lipinski definition) is 2. The van der Waals surface area contributed by atoms with Gasteiger partial charge in [0.25, 0.3) is 0 Å². The smallest absolute Gasteiger partial charge is 0.0954 e. The maximum Gasteiger partial charge on any atom is 0.0954 e. The van der Waals surface area contributed by atoms with Crippen molar-refractivity contribution in [3.05, 3.63) is 42.4 Å². The van der Waals surface area contributed by atoms with Crippen LogP contribution in [0.2, 0.25) is 0 Å². The van der Waals surface area contributed by atoms with Crippen molar-refractivity contribution >= 4 is 0 Å². The Morgan fingerprint density at radius 2 is 2.50 bits per heavy atom. The molecule has 0 fully saturated rings. The summed E-state index contributed by atoms with van der Waals surface area (Å²) in [4.78, 5) is 4.22. The van der Waals surface area contributed by atoms with Gasteiger partial charge in [-0.15, -0.1) is 0 Å². The number of rotatable bonds is 3. The van der Waals surface area contributed by atoms with E-state index in [2.05, 4.69) is 10.4 Å². The quantitative estimate of drug-likeness (QED) is 0.551. The third-order valence-corrected chi connectivity index (χ3v) is 2.06. The maximum absolute atomic E-state index is 5.46. The van der Waals surface area contributed by atoms with E-state index in [1.807, 2.05) is 23.9 Å². The largest absolute Gasteiger partial charge is 0.472 e. The number of nitrogens with two attached hydrogens (primary N) is 1. The van der Waals surface area contributed by atoms with Crippen LogP contribution in [0.15, 0.2) is 35.5 Å². The molecule has 2 heterocycles. The molecule has 0 aliphatic rings. The topological polar surface area (TPSA) is 69.0 Å². The van der Waals surface area contributed by atoms with Crippen LogP contribution in [-0.4, -0.2) is 9.55 Å². The summed E-state index contributed by atoms with van der Waals surface area (Å²) in [6.07, 6.45) is 6.92. The lowest BCUT2D eigenvalue weighted by atomic mass is 10.1. The summed E-state index contributed by atoms with van der Waals surface area (Å²) < 4.78 is 6.87. The second-order valence-electron chi connectivity index (χ2n) is 3.12. The van der Waals surface area contributed by atoms with E-state index in [9.17, 15) is 0 Å². The molecule has 0 spiro atoms. The van der Waals surface area contributed by atoms with Crippen LogP contribution < -0.4 is 11.3 Å². The SMILES string of the molecule is Cn1cnc(C(NN)c2ccoc2)c1. The molecule has 5 nitrogen and oxygen atoms in total. The van der Waals surface area contributed by atoms with Crippen LogP contribution in [0.5, 0.6) is 0 Å². The average molecular weight is 192 g/mol. The Morgan fingerprint density at radius 1 is 1.64 bits per heavy atom. The molecule has 3 N–H and O–H groups in total. The van der Waals surface area contributed by atoms with Crippen molar-refractivity contribution in [1.82, 2.24) is 15.0 Å². The number of hydrogen-bond acceptors (Lipinski definition) is 4. The molecule has 0 aliphatic heterocycles. The van der Waals surface area contributed by atoms with Crippen molar-refractivity contribution in [2.24, 2.45) is 12.9 Å². The van der Waals surface area contributed by atoms with Crippen molar-refractivity contribution in [3.8, 4) is 0 Å². The third-order valence-electron chi connectivity index (χ3n) is 2.06. The lowest BCUT2D eigenvalue weighted by Crippen LogP contribution is -2.28. The molecule has 5 heteroatoms. The molecular weight excluding hydrogens is 180 g/mol. The fourth-order valence-corrected chi connectivity index (χ4v) is 1.37. The molecule has 0 radical (unpaired) electrons. The second-order valence-corrected chi connectivity index (χ2v) is 3.12. The summed E-state index contributed by atoms with van der Waals surface area (Å²) in [6, 6.07) is 1.74. The molecular formula is C9H12N4O. The van der Waals surface area contributed by atoms with Gasteiger partial charge in [0, 0.05) is 18.8 Å². The van der Waals surface area contributed by atoms with Crippen LogP contribution in [0, 0.1) is 0 Å². The average Bonchev–Trinajstić information content (AvgIpc) is 2.79. The van der Waals surface area contributed by atoms with Gasteiger partial charge in [0.2, 0.25) is 0 Å². The van der Waals surface area contributed by atoms with Crippen LogP contribution >= 0.6 is 0 Å². The van der Waals surface area contributed by atoms with Gasteiger partial charge in [0.15, 0.2) is 0 Å². The fourth-order valence-electron chi connectivity index (χ4n) is 1.37. The molecule has 0 amide bonds. The van der Waals surface area contributed by atoms with E-state index in [4.69, 9.17) is 10.3 Å². The first kappa shape index (κ1) is 8.98. The van der Waals surface area contributed by atoms with Crippen LogP contribution in [-0.2, 0) is 7.05 Å². The van der Waals surface area contributed by atoms with Gasteiger partial charge in [-0.25, -0.2) is 10.4 Å². The number of hydrazine groups is 1. The minimum atomic E-state index is -0.116. The van der Waals surface area contributed by atoms with Crippen molar-refractivity contribution in [2.75, 3.05) is 0 Å². The van der Waals surface area contributed by atoms with E-state index in [1.54, 1.807) is 18.9 Å². The van der Waals surface area contributed by atoms with Gasteiger partial charge in [-0.3, -0.25) is 5.84 Å². The van der Waals surface area contributed by atoms with Crippen molar-refractivity contribution in [3.63, 3.8) is 0 Å². The Balaban J connectivity index is 2.31. The standard InChI is InChI=1S/C9H12N4O/c1-13-4-8(11-6-13)9(12-10)7-2-3-14-5-7/h2-6,9,12H,10H2,1H3. The van der Waals surface area contributed by atoms with Gasteiger partial charge in [-0.1, -0.05) is 0 Å². The zero-order valence-corrected chi connectivity index (χ0v) is 7.84. The van der Waals surface area contributed by atoms with Crippen molar-refractivity contribution in [2.45, 2.75) is 6.04 Å². The van der Waals surface area contributed by atoms with Crippen molar-refractivity contribution < 1.29 is 4.42 Å². The van der Waals surface area contributed by atoms with Crippen LogP contribution in [0.4, 0.5) is 0 Å². The number of furan rings is 1. The molecule has 0 bridgehead atoms. The lowest BCUT2D eigenvalue weighted by molar-refractivity contribution is 0.551. The van der Waals surface area contributed by atoms with Crippen molar-refractivity contribution in [1.29, 1.82) is 0 Å². The highest BCUT2D eigenvalue weighted by Gasteiger charge is 2.15. The Labute approximate surface area is 81.5 Å². The predicted molar refractivity (Wildman–Crippen MR) is 51.1 cm³/mol. The highest BCUT2D eigenvalue weighted by Crippen LogP contribution is 2.19. The van der Waals surface area contributed by atoms with Crippen LogP contribution in [0.25, 0.3) is 0 Å². The van der Waals surface area contributed by atoms with E-state index in [0.29, 0.717) is 0 Å². The van der Waals surface area contributed by atoms with E-state index in [0.717, 1.165) is 11.3 Å². The first-order valence-electron chi connectivity index (χ1n) is 4.27. The second kappa shape index (κ2) is 3.65. The van der Waals surface area contributed by atoms with Gasteiger partial charge in [0.1, 0.15) is 0 Å². The Morgan fingerprint density at radius 3 is 3.00 bits per heavy atom. The zero-order chi connectivity index (χ0) is 9.97. The van der Waals surface area contributed by atoms with Gasteiger partial charge in [-0.2, -0.15) is 0 Å². The van der Waals surface area contributed by atoms with Gasteiger partial charge >= 0.3 is 0 Å². The Kier molecular flexibility index (Phi) is 2.34. The van der Waals surface area contributed by atoms with Gasteiger partial charge in [-0.05, 0) is 6.07 Å². The summed E-state index contributed by atoms with van der Waals surface area (Å²) >= 11 is 0. The van der Waals surface area contributed by atoms with E-state index < -0.39 is 0 Å². The Bertz CT molecular complexity index is 393. The monoisotopic (exact) mass is 192 g/mol. The number of nitrogens with one attached hydrogen (secondary N) is 1. The minimum absolute atomic E-state index is 0.116. The molecule has 1 atom stereocenters. The lowest BCUT2D eigenvalue weighted by Gasteiger charge is -2.10. The van der Waals surface area contributed by atoms with E-state index in [1.165, 1.54) is 0 Å². The van der Waals surface area contributed by atoms with E-state index >= 15 is 0 Å². The normalized spacial score (nSPS) is 13.0. The summed E-state index contributed by atoms with van der Waals surface area (Å²) in [5.41, 5.74) is 4.53. The molecule has 14 heavy (non-hydrogen) atoms. The highest BCUT2D eigenvalue weighted by molar-refractivity contribution is 5.22. The molecule has 0 saturated heterocycles. The molecule has 2 aromatic rings. The number of aromatic nitrogens is 2. The zero-order valence-electron chi connectivity index (χ0n) is 7.84. The molecule has 2 rings (SSSR count). The molecule has 2 aromatic heterocycles. The predicted octanol–water partition coefficient (Wildman–Crippen LogP) is 0.566. The highest BCUT2D eigenvalue weighted by atomic mass is 16.3. The van der Waals surface area contributed by atoms with Gasteiger partial charge < -0.3 is 8.98 Å². The van der Waals surface area contributed by atoms with E-state index in [-0.39, 0.29) is 6.04 Å². The van der Waals surface area contributed by atoms with Crippen LogP contribution in [0.3, 0.4) is 0 Å². The minimum Gasteiger partial charge on any atom is -0.472 e. The Hall–Kier alpha value is -1.59. The first-order chi connectivity index (χ1) is 6.81. The molecule has 0 saturated carbocycles. The number of imidazole rings is 1. The summed E-state index contributed by atoms with van der Waals surface area (Å²) in [7, 11) is 1.92. The number of nitrogens with zero attached hydrogens (tertiary/aromatic N) is 2. The van der Waals surface area contributed by atoms with Gasteiger partial charge in [0.05, 0.1) is 30.6 Å². The fraction of sp³-hybridized carbons (Fsp3) is 0.222. The number of aryl methyl sites for hydroxylation is 1. The molecule has 1 unspecified atom stereocenters. The summed E-state index contributed by atoms with van der Waals surface area (Å²) in [5.74, 6) is 5.46. The maximum atomic E-state index is 5.46. The van der Waals surface area contributed by atoms with Crippen LogP contribution in [0.1, 0.15) is 17.3 Å². The third kappa shape index (κ3) is 1.55. The first-order valence-corrected chi connectivity index (χ1v) is 4.27. The molecule has 0 aliphatic carbocycles. The molecule has 74 valence electrons. The summed E-state index contributed by atoms with van der Waals surface area (Å²) in [6.45, 7) is 0. The summed E-state index contributed by atoms with van der Waals surface area (Å²) in [5, 5.41) is 0. The molecule has 0 aromatic carbocycles.